The summed E-state index contributed by atoms with van der Waals surface area (Å²) in [5.41, 5.74) is 9.47. The molecule has 0 fully saturated rings. The lowest BCUT2D eigenvalue weighted by Crippen LogP contribution is -2.22. The lowest BCUT2D eigenvalue weighted by Gasteiger charge is -2.21. The van der Waals surface area contributed by atoms with Crippen molar-refractivity contribution in [1.29, 1.82) is 0 Å². The molecule has 0 radical (unpaired) electrons. The van der Waals surface area contributed by atoms with E-state index in [4.69, 9.17) is 33.7 Å². The molecular weight excluding hydrogens is 485 g/mol. The first kappa shape index (κ1) is 26.5. The van der Waals surface area contributed by atoms with Gasteiger partial charge in [-0.25, -0.2) is 4.98 Å². The average Bonchev–Trinajstić information content (AvgIpc) is 2.81. The van der Waals surface area contributed by atoms with E-state index in [9.17, 15) is 0 Å². The number of nitrogens with two attached hydrogens (primary N) is 1. The molecular formula is C25H31Cl2N7O. The van der Waals surface area contributed by atoms with Crippen molar-refractivity contribution in [3.8, 4) is 5.75 Å². The highest BCUT2D eigenvalue weighted by atomic mass is 35.5. The van der Waals surface area contributed by atoms with Gasteiger partial charge in [-0.05, 0) is 63.3 Å². The Hall–Kier alpha value is -3.07. The quantitative estimate of drug-likeness (QED) is 0.220. The molecule has 10 heteroatoms. The van der Waals surface area contributed by atoms with Crippen molar-refractivity contribution in [2.45, 2.75) is 34.2 Å². The third kappa shape index (κ3) is 7.71. The number of anilines is 3. The molecule has 0 bridgehead atoms. The molecule has 0 saturated heterocycles. The van der Waals surface area contributed by atoms with Crippen LogP contribution in [0, 0.1) is 6.92 Å². The van der Waals surface area contributed by atoms with E-state index in [2.05, 4.69) is 50.4 Å². The first-order valence-electron chi connectivity index (χ1n) is 11.5. The number of ether oxygens (including phenoxy) is 1. The number of aromatic nitrogens is 2. The van der Waals surface area contributed by atoms with Crippen molar-refractivity contribution < 1.29 is 4.74 Å². The number of guanidine groups is 1. The topological polar surface area (TPSA) is 101 Å². The predicted octanol–water partition coefficient (Wildman–Crippen LogP) is 6.13. The summed E-state index contributed by atoms with van der Waals surface area (Å²) in [6, 6.07) is 13.0. The van der Waals surface area contributed by atoms with Crippen LogP contribution in [0.1, 0.15) is 32.0 Å². The summed E-state index contributed by atoms with van der Waals surface area (Å²) in [6.45, 7) is 11.5. The molecule has 0 spiro atoms. The minimum absolute atomic E-state index is 0.127. The summed E-state index contributed by atoms with van der Waals surface area (Å²) in [6.07, 6.45) is 0. The Morgan fingerprint density at radius 2 is 1.74 bits per heavy atom. The van der Waals surface area contributed by atoms with Crippen LogP contribution >= 0.6 is 23.2 Å². The lowest BCUT2D eigenvalue weighted by atomic mass is 10.1. The minimum Gasteiger partial charge on any atom is -0.494 e. The van der Waals surface area contributed by atoms with Crippen LogP contribution < -0.4 is 21.1 Å². The molecule has 0 atom stereocenters. The van der Waals surface area contributed by atoms with Gasteiger partial charge in [0, 0.05) is 35.2 Å². The Labute approximate surface area is 216 Å². The van der Waals surface area contributed by atoms with Crippen LogP contribution in [0.2, 0.25) is 10.0 Å². The van der Waals surface area contributed by atoms with E-state index < -0.39 is 0 Å². The van der Waals surface area contributed by atoms with Crippen LogP contribution in [0.4, 0.5) is 23.1 Å². The minimum atomic E-state index is 0.127. The first-order chi connectivity index (χ1) is 16.8. The Morgan fingerprint density at radius 1 is 1.00 bits per heavy atom. The molecule has 8 nitrogen and oxygen atoms in total. The molecule has 3 rings (SSSR count). The number of nitrogens with zero attached hydrogens (tertiary/aromatic N) is 4. The highest BCUT2D eigenvalue weighted by Gasteiger charge is 2.11. The molecule has 186 valence electrons. The normalized spacial score (nSPS) is 11.6. The lowest BCUT2D eigenvalue weighted by molar-refractivity contribution is 0.282. The van der Waals surface area contributed by atoms with E-state index in [1.165, 1.54) is 0 Å². The van der Waals surface area contributed by atoms with E-state index >= 15 is 0 Å². The van der Waals surface area contributed by atoms with Crippen molar-refractivity contribution in [2.24, 2.45) is 10.7 Å². The van der Waals surface area contributed by atoms with Crippen LogP contribution in [-0.2, 0) is 6.54 Å². The van der Waals surface area contributed by atoms with Gasteiger partial charge in [-0.2, -0.15) is 9.98 Å². The molecule has 35 heavy (non-hydrogen) atoms. The Morgan fingerprint density at radius 3 is 2.43 bits per heavy atom. The van der Waals surface area contributed by atoms with E-state index in [-0.39, 0.29) is 11.9 Å². The third-order valence-corrected chi connectivity index (χ3v) is 5.92. The fourth-order valence-corrected chi connectivity index (χ4v) is 3.74. The molecule has 3 aromatic rings. The van der Waals surface area contributed by atoms with Gasteiger partial charge >= 0.3 is 0 Å². The second-order valence-electron chi connectivity index (χ2n) is 7.79. The molecule has 0 aliphatic carbocycles. The SMILES string of the molecule is CCOc1ccc(Nc2cc(C)nc(/N=C(\N)Nc3ccc(Cl)c(Cl)c3)n2)cc1CN(CC)CC. The number of hydrogen-bond acceptors (Lipinski definition) is 6. The number of halogens is 2. The van der Waals surface area contributed by atoms with Gasteiger partial charge in [-0.15, -0.1) is 0 Å². The summed E-state index contributed by atoms with van der Waals surface area (Å²) in [5.74, 6) is 1.85. The fourth-order valence-electron chi connectivity index (χ4n) is 3.44. The first-order valence-corrected chi connectivity index (χ1v) is 12.2. The monoisotopic (exact) mass is 515 g/mol. The summed E-state index contributed by atoms with van der Waals surface area (Å²) in [4.78, 5) is 15.5. The Kier molecular flexibility index (Phi) is 9.54. The molecule has 1 heterocycles. The van der Waals surface area contributed by atoms with Gasteiger partial charge in [-0.3, -0.25) is 4.90 Å². The van der Waals surface area contributed by atoms with Gasteiger partial charge in [0.15, 0.2) is 0 Å². The summed E-state index contributed by atoms with van der Waals surface area (Å²) in [5, 5.41) is 7.19. The fraction of sp³-hybridized carbons (Fsp3) is 0.320. The van der Waals surface area contributed by atoms with Crippen LogP contribution in [0.3, 0.4) is 0 Å². The zero-order valence-corrected chi connectivity index (χ0v) is 21.9. The molecule has 1 aromatic heterocycles. The van der Waals surface area contributed by atoms with Crippen molar-refractivity contribution in [3.63, 3.8) is 0 Å². The van der Waals surface area contributed by atoms with E-state index in [1.807, 2.05) is 32.0 Å². The maximum absolute atomic E-state index is 6.06. The number of aliphatic imine (C=N–C) groups is 1. The van der Waals surface area contributed by atoms with Gasteiger partial charge in [0.1, 0.15) is 11.6 Å². The van der Waals surface area contributed by atoms with Gasteiger partial charge in [0.05, 0.1) is 16.7 Å². The highest BCUT2D eigenvalue weighted by Crippen LogP contribution is 2.27. The number of nitrogens with one attached hydrogen (secondary N) is 2. The number of rotatable bonds is 10. The Bertz CT molecular complexity index is 1180. The van der Waals surface area contributed by atoms with Crippen molar-refractivity contribution in [2.75, 3.05) is 30.3 Å². The average molecular weight is 516 g/mol. The zero-order valence-electron chi connectivity index (χ0n) is 20.4. The van der Waals surface area contributed by atoms with E-state index in [0.29, 0.717) is 28.2 Å². The molecule has 2 aromatic carbocycles. The van der Waals surface area contributed by atoms with Gasteiger partial charge in [-0.1, -0.05) is 37.0 Å². The van der Waals surface area contributed by atoms with Crippen molar-refractivity contribution in [3.05, 3.63) is 63.8 Å². The number of hydrogen-bond donors (Lipinski definition) is 3. The van der Waals surface area contributed by atoms with Crippen LogP contribution in [0.5, 0.6) is 5.75 Å². The second kappa shape index (κ2) is 12.6. The van der Waals surface area contributed by atoms with E-state index in [0.717, 1.165) is 42.3 Å². The summed E-state index contributed by atoms with van der Waals surface area (Å²) >= 11 is 12.0. The van der Waals surface area contributed by atoms with Crippen LogP contribution in [-0.4, -0.2) is 40.5 Å². The smallest absolute Gasteiger partial charge is 0.254 e. The number of aryl methyl sites for hydroxylation is 1. The molecule has 0 amide bonds. The molecule has 4 N–H and O–H groups in total. The molecule has 0 unspecified atom stereocenters. The maximum atomic E-state index is 6.06. The van der Waals surface area contributed by atoms with Gasteiger partial charge in [0.2, 0.25) is 5.96 Å². The van der Waals surface area contributed by atoms with Crippen molar-refractivity contribution >= 4 is 52.3 Å². The number of benzene rings is 2. The zero-order chi connectivity index (χ0) is 25.4. The predicted molar refractivity (Wildman–Crippen MR) is 146 cm³/mol. The summed E-state index contributed by atoms with van der Waals surface area (Å²) in [7, 11) is 0. The Balaban J connectivity index is 1.81. The second-order valence-corrected chi connectivity index (χ2v) is 8.60. The summed E-state index contributed by atoms with van der Waals surface area (Å²) < 4.78 is 5.84. The molecule has 0 aliphatic rings. The third-order valence-electron chi connectivity index (χ3n) is 5.18. The van der Waals surface area contributed by atoms with Gasteiger partial charge < -0.3 is 21.1 Å². The van der Waals surface area contributed by atoms with Crippen LogP contribution in [0.15, 0.2) is 47.5 Å². The molecule has 0 aliphatic heterocycles. The van der Waals surface area contributed by atoms with Crippen LogP contribution in [0.25, 0.3) is 0 Å². The molecule has 0 saturated carbocycles. The van der Waals surface area contributed by atoms with E-state index in [1.54, 1.807) is 18.2 Å². The maximum Gasteiger partial charge on any atom is 0.254 e. The highest BCUT2D eigenvalue weighted by molar-refractivity contribution is 6.42. The largest absolute Gasteiger partial charge is 0.494 e. The van der Waals surface area contributed by atoms with Gasteiger partial charge in [0.25, 0.3) is 5.95 Å². The standard InChI is InChI=1S/C25H31Cl2N7O/c1-5-34(6-2)15-17-13-18(9-11-22(17)35-7-3)30-23-12-16(4)29-25(32-23)33-24(28)31-19-8-10-20(26)21(27)14-19/h8-14H,5-7,15H2,1-4H3,(H4,28,29,30,31,32,33). The van der Waals surface area contributed by atoms with Crippen molar-refractivity contribution in [1.82, 2.24) is 14.9 Å².